The highest BCUT2D eigenvalue weighted by molar-refractivity contribution is 5.59. The quantitative estimate of drug-likeness (QED) is 0.355. The molecule has 4 heteroatoms. The minimum absolute atomic E-state index is 0.479. The van der Waals surface area contributed by atoms with Crippen LogP contribution in [0.25, 0.3) is 0 Å². The number of nitrogens with zero attached hydrogens (tertiary/aromatic N) is 2. The number of hydrogen-bond donors (Lipinski definition) is 0. The van der Waals surface area contributed by atoms with E-state index in [1.165, 1.54) is 51.4 Å². The summed E-state index contributed by atoms with van der Waals surface area (Å²) in [5, 5.41) is 6.96. The van der Waals surface area contributed by atoms with Crippen LogP contribution in [0.15, 0.2) is 5.10 Å². The smallest absolute Gasteiger partial charge is 0.0704 e. The van der Waals surface area contributed by atoms with E-state index in [4.69, 9.17) is 14.6 Å². The lowest BCUT2D eigenvalue weighted by molar-refractivity contribution is 0.111. The standard InChI is InChI=1S/C21H40N2O2/c1-5-6-13-25-16-19-14-21(19,3)11-7-9-18(2)15-22-23-12-8-10-20(23)17-24-4/h15,18-20H,5-14,16-17H2,1-4H3/b22-15+/t18-,19?,20-,21-/m0/s1. The summed E-state index contributed by atoms with van der Waals surface area (Å²) < 4.78 is 11.1. The van der Waals surface area contributed by atoms with Crippen LogP contribution in [0.2, 0.25) is 0 Å². The minimum atomic E-state index is 0.479. The first-order valence-electron chi connectivity index (χ1n) is 10.5. The van der Waals surface area contributed by atoms with Gasteiger partial charge < -0.3 is 9.47 Å². The normalized spacial score (nSPS) is 30.3. The average Bonchev–Trinajstić information content (AvgIpc) is 3.01. The molecule has 1 saturated carbocycles. The van der Waals surface area contributed by atoms with Gasteiger partial charge in [0.05, 0.1) is 12.6 Å². The Bertz CT molecular complexity index is 401. The Balaban J connectivity index is 1.58. The molecule has 0 bridgehead atoms. The lowest BCUT2D eigenvalue weighted by Crippen LogP contribution is -2.28. The number of unbranched alkanes of at least 4 members (excludes halogenated alkanes) is 1. The maximum atomic E-state index is 5.81. The van der Waals surface area contributed by atoms with Crippen molar-refractivity contribution in [3.05, 3.63) is 0 Å². The molecule has 1 aliphatic carbocycles. The Hall–Kier alpha value is -0.610. The maximum absolute atomic E-state index is 5.81. The molecule has 0 aromatic carbocycles. The molecule has 0 aromatic rings. The molecule has 146 valence electrons. The van der Waals surface area contributed by atoms with Gasteiger partial charge in [-0.2, -0.15) is 5.10 Å². The van der Waals surface area contributed by atoms with E-state index >= 15 is 0 Å². The first-order chi connectivity index (χ1) is 12.1. The number of methoxy groups -OCH3 is 1. The fraction of sp³-hybridized carbons (Fsp3) is 0.952. The molecule has 2 rings (SSSR count). The third-order valence-corrected chi connectivity index (χ3v) is 6.08. The molecule has 4 nitrogen and oxygen atoms in total. The molecule has 1 saturated heterocycles. The van der Waals surface area contributed by atoms with Crippen molar-refractivity contribution in [1.29, 1.82) is 0 Å². The van der Waals surface area contributed by atoms with E-state index in [-0.39, 0.29) is 0 Å². The molecule has 4 atom stereocenters. The van der Waals surface area contributed by atoms with Crippen LogP contribution in [0.3, 0.4) is 0 Å². The molecule has 0 amide bonds. The zero-order valence-corrected chi connectivity index (χ0v) is 17.0. The van der Waals surface area contributed by atoms with E-state index < -0.39 is 0 Å². The number of hydrogen-bond acceptors (Lipinski definition) is 4. The highest BCUT2D eigenvalue weighted by Gasteiger charge is 2.48. The second-order valence-electron chi connectivity index (χ2n) is 8.53. The topological polar surface area (TPSA) is 34.1 Å². The summed E-state index contributed by atoms with van der Waals surface area (Å²) in [5.74, 6) is 1.36. The van der Waals surface area contributed by atoms with Gasteiger partial charge in [-0.05, 0) is 55.8 Å². The van der Waals surface area contributed by atoms with Crippen molar-refractivity contribution in [2.75, 3.05) is 33.5 Å². The lowest BCUT2D eigenvalue weighted by atomic mass is 9.95. The van der Waals surface area contributed by atoms with Crippen molar-refractivity contribution < 1.29 is 9.47 Å². The fourth-order valence-electron chi connectivity index (χ4n) is 3.98. The summed E-state index contributed by atoms with van der Waals surface area (Å²) in [4.78, 5) is 0. The molecule has 1 heterocycles. The lowest BCUT2D eigenvalue weighted by Gasteiger charge is -2.21. The van der Waals surface area contributed by atoms with Crippen molar-refractivity contribution in [3.63, 3.8) is 0 Å². The van der Waals surface area contributed by atoms with Crippen LogP contribution in [0.1, 0.15) is 72.1 Å². The zero-order chi connectivity index (χ0) is 18.1. The molecule has 0 spiro atoms. The molecular formula is C21H40N2O2. The Morgan fingerprint density at radius 3 is 2.92 bits per heavy atom. The van der Waals surface area contributed by atoms with Gasteiger partial charge in [0.15, 0.2) is 0 Å². The second kappa shape index (κ2) is 10.5. The van der Waals surface area contributed by atoms with E-state index in [0.717, 1.165) is 32.3 Å². The average molecular weight is 353 g/mol. The van der Waals surface area contributed by atoms with Gasteiger partial charge in [-0.15, -0.1) is 0 Å². The van der Waals surface area contributed by atoms with Crippen LogP contribution in [0, 0.1) is 17.3 Å². The third kappa shape index (κ3) is 6.90. The summed E-state index contributed by atoms with van der Waals surface area (Å²) in [5.41, 5.74) is 0.543. The van der Waals surface area contributed by atoms with E-state index in [1.807, 2.05) is 0 Å². The second-order valence-corrected chi connectivity index (χ2v) is 8.53. The van der Waals surface area contributed by atoms with E-state index in [0.29, 0.717) is 17.4 Å². The van der Waals surface area contributed by atoms with Crippen LogP contribution in [0.4, 0.5) is 0 Å². The first-order valence-corrected chi connectivity index (χ1v) is 10.5. The Kier molecular flexibility index (Phi) is 8.71. The molecular weight excluding hydrogens is 312 g/mol. The Labute approximate surface area is 155 Å². The van der Waals surface area contributed by atoms with Crippen LogP contribution in [-0.4, -0.2) is 50.7 Å². The van der Waals surface area contributed by atoms with Gasteiger partial charge in [-0.25, -0.2) is 0 Å². The Morgan fingerprint density at radius 1 is 1.32 bits per heavy atom. The SMILES string of the molecule is CCCCOCC1C[C@]1(C)CCC[C@H](C)/C=N/N1CCC[C@H]1COC. The van der Waals surface area contributed by atoms with Gasteiger partial charge in [-0.1, -0.05) is 33.6 Å². The maximum Gasteiger partial charge on any atom is 0.0704 e. The predicted octanol–water partition coefficient (Wildman–Crippen LogP) is 4.73. The van der Waals surface area contributed by atoms with Crippen molar-refractivity contribution in [2.24, 2.45) is 22.4 Å². The monoisotopic (exact) mass is 352 g/mol. The molecule has 2 fully saturated rings. The van der Waals surface area contributed by atoms with E-state index in [9.17, 15) is 0 Å². The van der Waals surface area contributed by atoms with Gasteiger partial charge >= 0.3 is 0 Å². The summed E-state index contributed by atoms with van der Waals surface area (Å²) in [7, 11) is 1.78. The number of ether oxygens (including phenoxy) is 2. The molecule has 0 aromatic heterocycles. The first kappa shape index (κ1) is 20.7. The molecule has 0 N–H and O–H groups in total. The highest BCUT2D eigenvalue weighted by atomic mass is 16.5. The van der Waals surface area contributed by atoms with Crippen LogP contribution in [0.5, 0.6) is 0 Å². The van der Waals surface area contributed by atoms with Crippen LogP contribution >= 0.6 is 0 Å². The fourth-order valence-corrected chi connectivity index (χ4v) is 3.98. The largest absolute Gasteiger partial charge is 0.382 e. The predicted molar refractivity (Wildman–Crippen MR) is 105 cm³/mol. The molecule has 0 radical (unpaired) electrons. The summed E-state index contributed by atoms with van der Waals surface area (Å²) in [6.45, 7) is 10.8. The number of rotatable bonds is 13. The summed E-state index contributed by atoms with van der Waals surface area (Å²) in [6, 6.07) is 0.479. The van der Waals surface area contributed by atoms with E-state index in [2.05, 4.69) is 32.0 Å². The molecule has 25 heavy (non-hydrogen) atoms. The van der Waals surface area contributed by atoms with Crippen LogP contribution < -0.4 is 0 Å². The van der Waals surface area contributed by atoms with Gasteiger partial charge in [0.1, 0.15) is 0 Å². The van der Waals surface area contributed by atoms with Gasteiger partial charge in [0, 0.05) is 33.1 Å². The van der Waals surface area contributed by atoms with Gasteiger partial charge in [0.25, 0.3) is 0 Å². The van der Waals surface area contributed by atoms with Gasteiger partial charge in [0.2, 0.25) is 0 Å². The van der Waals surface area contributed by atoms with E-state index in [1.54, 1.807) is 7.11 Å². The van der Waals surface area contributed by atoms with Crippen molar-refractivity contribution in [2.45, 2.75) is 78.2 Å². The molecule has 1 aliphatic heterocycles. The summed E-state index contributed by atoms with van der Waals surface area (Å²) in [6.07, 6.45) is 12.3. The Morgan fingerprint density at radius 2 is 2.16 bits per heavy atom. The summed E-state index contributed by atoms with van der Waals surface area (Å²) >= 11 is 0. The van der Waals surface area contributed by atoms with Gasteiger partial charge in [-0.3, -0.25) is 5.01 Å². The van der Waals surface area contributed by atoms with Crippen molar-refractivity contribution in [3.8, 4) is 0 Å². The molecule has 1 unspecified atom stereocenters. The highest BCUT2D eigenvalue weighted by Crippen LogP contribution is 2.55. The zero-order valence-electron chi connectivity index (χ0n) is 17.0. The third-order valence-electron chi connectivity index (χ3n) is 6.08. The minimum Gasteiger partial charge on any atom is -0.382 e. The van der Waals surface area contributed by atoms with Crippen molar-refractivity contribution >= 4 is 6.21 Å². The van der Waals surface area contributed by atoms with Crippen molar-refractivity contribution in [1.82, 2.24) is 5.01 Å². The van der Waals surface area contributed by atoms with Crippen LogP contribution in [-0.2, 0) is 9.47 Å². The molecule has 2 aliphatic rings. The number of hydrazone groups is 1.